The van der Waals surface area contributed by atoms with E-state index in [0.29, 0.717) is 6.04 Å². The van der Waals surface area contributed by atoms with Crippen molar-refractivity contribution in [1.29, 1.82) is 0 Å². The minimum atomic E-state index is -0.291. The van der Waals surface area contributed by atoms with E-state index in [1.807, 2.05) is 31.9 Å². The predicted octanol–water partition coefficient (Wildman–Crippen LogP) is 2.01. The Labute approximate surface area is 107 Å². The monoisotopic (exact) mass is 249 g/mol. The van der Waals surface area contributed by atoms with Crippen LogP contribution in [0.5, 0.6) is 0 Å². The average Bonchev–Trinajstić information content (AvgIpc) is 2.84. The summed E-state index contributed by atoms with van der Waals surface area (Å²) in [6.07, 6.45) is 1.03. The fourth-order valence-corrected chi connectivity index (χ4v) is 2.38. The van der Waals surface area contributed by atoms with E-state index in [1.165, 1.54) is 0 Å². The first-order valence-corrected chi connectivity index (χ1v) is 6.20. The smallest absolute Gasteiger partial charge is 0.292 e. The molecule has 1 aliphatic rings. The first kappa shape index (κ1) is 12.8. The number of aryl methyl sites for hydroxylation is 2. The maximum absolute atomic E-state index is 11.2. The van der Waals surface area contributed by atoms with Crippen molar-refractivity contribution in [3.63, 3.8) is 0 Å². The molecule has 0 amide bonds. The summed E-state index contributed by atoms with van der Waals surface area (Å²) >= 11 is 0. The highest BCUT2D eigenvalue weighted by atomic mass is 16.6. The van der Waals surface area contributed by atoms with Gasteiger partial charge in [-0.2, -0.15) is 0 Å². The van der Waals surface area contributed by atoms with Gasteiger partial charge in [0, 0.05) is 25.7 Å². The van der Waals surface area contributed by atoms with E-state index in [0.717, 1.165) is 36.3 Å². The second-order valence-electron chi connectivity index (χ2n) is 4.94. The molecule has 1 aliphatic heterocycles. The molecule has 1 N–H and O–H groups in total. The third-order valence-corrected chi connectivity index (χ3v) is 3.75. The Balaban J connectivity index is 2.41. The maximum Gasteiger partial charge on any atom is 0.292 e. The fraction of sp³-hybridized carbons (Fsp3) is 0.538. The van der Waals surface area contributed by atoms with Crippen molar-refractivity contribution in [3.8, 4) is 0 Å². The number of nitro groups is 1. The van der Waals surface area contributed by atoms with Gasteiger partial charge in [-0.15, -0.1) is 0 Å². The van der Waals surface area contributed by atoms with Crippen LogP contribution in [0.4, 0.5) is 11.4 Å². The number of rotatable bonds is 3. The number of nitrogens with zero attached hydrogens (tertiary/aromatic N) is 2. The molecule has 5 heteroatoms. The van der Waals surface area contributed by atoms with Crippen LogP contribution < -0.4 is 10.2 Å². The van der Waals surface area contributed by atoms with E-state index in [4.69, 9.17) is 0 Å². The second-order valence-corrected chi connectivity index (χ2v) is 4.94. The molecule has 1 fully saturated rings. The quantitative estimate of drug-likeness (QED) is 0.657. The van der Waals surface area contributed by atoms with Crippen molar-refractivity contribution in [2.75, 3.05) is 25.0 Å². The van der Waals surface area contributed by atoms with Gasteiger partial charge in [0.15, 0.2) is 0 Å². The lowest BCUT2D eigenvalue weighted by Crippen LogP contribution is -2.33. The van der Waals surface area contributed by atoms with E-state index < -0.39 is 0 Å². The highest BCUT2D eigenvalue weighted by Crippen LogP contribution is 2.32. The van der Waals surface area contributed by atoms with Gasteiger partial charge in [-0.1, -0.05) is 0 Å². The molecule has 0 bridgehead atoms. The molecular weight excluding hydrogens is 230 g/mol. The van der Waals surface area contributed by atoms with E-state index in [1.54, 1.807) is 6.07 Å². The van der Waals surface area contributed by atoms with Crippen molar-refractivity contribution in [2.24, 2.45) is 0 Å². The molecule has 1 aromatic carbocycles. The number of nitro benzene ring substituents is 1. The van der Waals surface area contributed by atoms with Gasteiger partial charge < -0.3 is 10.2 Å². The van der Waals surface area contributed by atoms with Crippen molar-refractivity contribution in [1.82, 2.24) is 5.32 Å². The van der Waals surface area contributed by atoms with Crippen LogP contribution in [0.15, 0.2) is 12.1 Å². The summed E-state index contributed by atoms with van der Waals surface area (Å²) < 4.78 is 0. The van der Waals surface area contributed by atoms with Crippen LogP contribution in [0.25, 0.3) is 0 Å². The standard InChI is InChI=1S/C13H19N3O2/c1-9-6-12(13(16(17)18)7-10(9)2)15(3)11-4-5-14-8-11/h6-7,11,14H,4-5,8H2,1-3H3. The highest BCUT2D eigenvalue weighted by molar-refractivity contribution is 5.66. The van der Waals surface area contributed by atoms with Crippen LogP contribution in [-0.2, 0) is 0 Å². The lowest BCUT2D eigenvalue weighted by Gasteiger charge is -2.26. The zero-order valence-electron chi connectivity index (χ0n) is 11.1. The first-order valence-electron chi connectivity index (χ1n) is 6.20. The van der Waals surface area contributed by atoms with E-state index >= 15 is 0 Å². The third kappa shape index (κ3) is 2.31. The van der Waals surface area contributed by atoms with Crippen LogP contribution in [0.1, 0.15) is 17.5 Å². The Bertz CT molecular complexity index is 468. The fourth-order valence-electron chi connectivity index (χ4n) is 2.38. The maximum atomic E-state index is 11.2. The third-order valence-electron chi connectivity index (χ3n) is 3.75. The first-order chi connectivity index (χ1) is 8.50. The van der Waals surface area contributed by atoms with Gasteiger partial charge in [0.25, 0.3) is 5.69 Å². The van der Waals surface area contributed by atoms with E-state index in [2.05, 4.69) is 5.32 Å². The highest BCUT2D eigenvalue weighted by Gasteiger charge is 2.25. The van der Waals surface area contributed by atoms with Crippen molar-refractivity contribution < 1.29 is 4.92 Å². The summed E-state index contributed by atoms with van der Waals surface area (Å²) in [7, 11) is 1.94. The zero-order chi connectivity index (χ0) is 13.3. The molecule has 1 atom stereocenters. The predicted molar refractivity (Wildman–Crippen MR) is 72.2 cm³/mol. The summed E-state index contributed by atoms with van der Waals surface area (Å²) in [6.45, 7) is 5.76. The van der Waals surface area contributed by atoms with Crippen LogP contribution in [0.2, 0.25) is 0 Å². The molecule has 1 aromatic rings. The van der Waals surface area contributed by atoms with Gasteiger partial charge in [-0.05, 0) is 44.0 Å². The molecule has 0 saturated carbocycles. The number of hydrogen-bond acceptors (Lipinski definition) is 4. The molecule has 98 valence electrons. The minimum Gasteiger partial charge on any atom is -0.365 e. The lowest BCUT2D eigenvalue weighted by molar-refractivity contribution is -0.384. The van der Waals surface area contributed by atoms with Crippen molar-refractivity contribution in [3.05, 3.63) is 33.4 Å². The molecule has 2 rings (SSSR count). The molecule has 1 unspecified atom stereocenters. The van der Waals surface area contributed by atoms with Gasteiger partial charge in [0.1, 0.15) is 5.69 Å². The second kappa shape index (κ2) is 4.94. The molecular formula is C13H19N3O2. The summed E-state index contributed by atoms with van der Waals surface area (Å²) in [4.78, 5) is 12.9. The molecule has 1 heterocycles. The minimum absolute atomic E-state index is 0.201. The van der Waals surface area contributed by atoms with Crippen LogP contribution in [0, 0.1) is 24.0 Å². The van der Waals surface area contributed by atoms with Crippen LogP contribution >= 0.6 is 0 Å². The summed E-state index contributed by atoms with van der Waals surface area (Å²) in [5.74, 6) is 0. The van der Waals surface area contributed by atoms with Crippen LogP contribution in [0.3, 0.4) is 0 Å². The SMILES string of the molecule is Cc1cc(N(C)C2CCNC2)c([N+](=O)[O-])cc1C. The number of benzene rings is 1. The van der Waals surface area contributed by atoms with Crippen molar-refractivity contribution >= 4 is 11.4 Å². The normalized spacial score (nSPS) is 18.9. The van der Waals surface area contributed by atoms with E-state index in [-0.39, 0.29) is 10.6 Å². The number of hydrogen-bond donors (Lipinski definition) is 1. The molecule has 18 heavy (non-hydrogen) atoms. The molecule has 0 aromatic heterocycles. The Hall–Kier alpha value is -1.62. The summed E-state index contributed by atoms with van der Waals surface area (Å²) in [5.41, 5.74) is 2.97. The van der Waals surface area contributed by atoms with Gasteiger partial charge in [0.05, 0.1) is 4.92 Å². The van der Waals surface area contributed by atoms with Gasteiger partial charge in [0.2, 0.25) is 0 Å². The number of nitrogens with one attached hydrogen (secondary N) is 1. The zero-order valence-corrected chi connectivity index (χ0v) is 11.1. The largest absolute Gasteiger partial charge is 0.365 e. The molecule has 0 spiro atoms. The number of likely N-dealkylation sites (N-methyl/N-ethyl adjacent to an activating group) is 1. The lowest BCUT2D eigenvalue weighted by atomic mass is 10.1. The van der Waals surface area contributed by atoms with Gasteiger partial charge >= 0.3 is 0 Å². The molecule has 0 aliphatic carbocycles. The topological polar surface area (TPSA) is 58.4 Å². The Morgan fingerprint density at radius 1 is 1.39 bits per heavy atom. The summed E-state index contributed by atoms with van der Waals surface area (Å²) in [6, 6.07) is 3.93. The van der Waals surface area contributed by atoms with Crippen LogP contribution in [-0.4, -0.2) is 31.1 Å². The Kier molecular flexibility index (Phi) is 3.52. The average molecular weight is 249 g/mol. The molecule has 0 radical (unpaired) electrons. The summed E-state index contributed by atoms with van der Waals surface area (Å²) in [5, 5.41) is 14.5. The van der Waals surface area contributed by atoms with E-state index in [9.17, 15) is 10.1 Å². The van der Waals surface area contributed by atoms with Gasteiger partial charge in [-0.25, -0.2) is 0 Å². The Morgan fingerprint density at radius 2 is 2.06 bits per heavy atom. The molecule has 5 nitrogen and oxygen atoms in total. The molecule has 1 saturated heterocycles. The number of anilines is 1. The van der Waals surface area contributed by atoms with Gasteiger partial charge in [-0.3, -0.25) is 10.1 Å². The van der Waals surface area contributed by atoms with Crippen molar-refractivity contribution in [2.45, 2.75) is 26.3 Å². The Morgan fingerprint density at radius 3 is 2.61 bits per heavy atom.